The fraction of sp³-hybridized carbons (Fsp3) is 0.364. The summed E-state index contributed by atoms with van der Waals surface area (Å²) in [6.07, 6.45) is 7.07. The van der Waals surface area contributed by atoms with E-state index in [1.54, 1.807) is 0 Å². The average Bonchev–Trinajstić information content (AvgIpc) is 3.10. The van der Waals surface area contributed by atoms with E-state index in [0.29, 0.717) is 12.6 Å². The lowest BCUT2D eigenvalue weighted by atomic mass is 10.1. The van der Waals surface area contributed by atoms with Crippen molar-refractivity contribution in [3.05, 3.63) is 72.2 Å². The first-order chi connectivity index (χ1) is 13.2. The van der Waals surface area contributed by atoms with Crippen molar-refractivity contribution in [3.63, 3.8) is 0 Å². The second-order valence-corrected chi connectivity index (χ2v) is 6.78. The Morgan fingerprint density at radius 1 is 1.11 bits per heavy atom. The van der Waals surface area contributed by atoms with Crippen LogP contribution in [0.15, 0.2) is 65.9 Å². The van der Waals surface area contributed by atoms with Crippen LogP contribution in [-0.4, -0.2) is 34.5 Å². The highest BCUT2D eigenvalue weighted by Gasteiger charge is 2.06. The number of halogens is 1. The molecule has 150 valence electrons. The van der Waals surface area contributed by atoms with Crippen molar-refractivity contribution in [1.82, 2.24) is 20.0 Å². The zero-order valence-electron chi connectivity index (χ0n) is 16.6. The molecule has 0 aliphatic carbocycles. The van der Waals surface area contributed by atoms with Crippen LogP contribution in [0.1, 0.15) is 31.5 Å². The van der Waals surface area contributed by atoms with Crippen LogP contribution >= 0.6 is 24.0 Å². The molecule has 5 nitrogen and oxygen atoms in total. The number of aromatic nitrogens is 2. The van der Waals surface area contributed by atoms with Crippen LogP contribution < -0.4 is 10.6 Å². The Hall–Kier alpha value is -2.09. The van der Waals surface area contributed by atoms with Crippen LogP contribution in [0.2, 0.25) is 0 Å². The lowest BCUT2D eigenvalue weighted by molar-refractivity contribution is 0.593. The molecule has 6 heteroatoms. The summed E-state index contributed by atoms with van der Waals surface area (Å²) in [5, 5.41) is 6.85. The Labute approximate surface area is 184 Å². The summed E-state index contributed by atoms with van der Waals surface area (Å²) >= 11 is 0. The normalized spacial score (nSPS) is 12.4. The zero-order valence-corrected chi connectivity index (χ0v) is 19.0. The van der Waals surface area contributed by atoms with E-state index >= 15 is 0 Å². The number of imidazole rings is 1. The molecule has 1 unspecified atom stereocenters. The molecule has 1 atom stereocenters. The van der Waals surface area contributed by atoms with Gasteiger partial charge in [0.15, 0.2) is 5.96 Å². The highest BCUT2D eigenvalue weighted by molar-refractivity contribution is 14.0. The van der Waals surface area contributed by atoms with Crippen LogP contribution in [0.5, 0.6) is 0 Å². The summed E-state index contributed by atoms with van der Waals surface area (Å²) in [4.78, 5) is 9.35. The van der Waals surface area contributed by atoms with Gasteiger partial charge in [0.2, 0.25) is 0 Å². The fourth-order valence-corrected chi connectivity index (χ4v) is 3.04. The molecule has 0 spiro atoms. The summed E-state index contributed by atoms with van der Waals surface area (Å²) < 4.78 is 2.05. The smallest absolute Gasteiger partial charge is 0.191 e. The first-order valence-corrected chi connectivity index (χ1v) is 9.76. The third kappa shape index (κ3) is 6.82. The van der Waals surface area contributed by atoms with Crippen molar-refractivity contribution in [2.45, 2.75) is 39.2 Å². The lowest BCUT2D eigenvalue weighted by Gasteiger charge is -2.17. The molecule has 0 radical (unpaired) electrons. The van der Waals surface area contributed by atoms with Crippen LogP contribution in [0.3, 0.4) is 0 Å². The average molecular weight is 491 g/mol. The van der Waals surface area contributed by atoms with E-state index in [9.17, 15) is 0 Å². The van der Waals surface area contributed by atoms with E-state index in [1.807, 2.05) is 28.8 Å². The number of aryl methyl sites for hydroxylation is 1. The fourth-order valence-electron chi connectivity index (χ4n) is 3.04. The van der Waals surface area contributed by atoms with Gasteiger partial charge in [0, 0.05) is 37.9 Å². The third-order valence-corrected chi connectivity index (χ3v) is 4.49. The number of aliphatic imine (C=N–C) groups is 1. The van der Waals surface area contributed by atoms with Gasteiger partial charge >= 0.3 is 0 Å². The number of rotatable bonds is 8. The van der Waals surface area contributed by atoms with E-state index in [1.165, 1.54) is 5.56 Å². The van der Waals surface area contributed by atoms with Crippen molar-refractivity contribution in [2.75, 3.05) is 13.1 Å². The largest absolute Gasteiger partial charge is 0.357 e. The molecule has 28 heavy (non-hydrogen) atoms. The summed E-state index contributed by atoms with van der Waals surface area (Å²) in [6.45, 7) is 5.86. The van der Waals surface area contributed by atoms with Gasteiger partial charge in [0.1, 0.15) is 5.65 Å². The monoisotopic (exact) mass is 491 g/mol. The molecule has 0 amide bonds. The Morgan fingerprint density at radius 2 is 1.89 bits per heavy atom. The number of nitrogens with zero attached hydrogens (tertiary/aromatic N) is 3. The molecule has 1 aromatic carbocycles. The predicted octanol–water partition coefficient (Wildman–Crippen LogP) is 4.07. The molecule has 0 saturated carbocycles. The van der Waals surface area contributed by atoms with Gasteiger partial charge in [-0.3, -0.25) is 4.99 Å². The van der Waals surface area contributed by atoms with E-state index in [-0.39, 0.29) is 24.0 Å². The first-order valence-electron chi connectivity index (χ1n) is 9.76. The van der Waals surface area contributed by atoms with Crippen LogP contribution in [0.25, 0.3) is 5.65 Å². The quantitative estimate of drug-likeness (QED) is 0.284. The van der Waals surface area contributed by atoms with Gasteiger partial charge in [-0.05, 0) is 44.4 Å². The molecule has 2 N–H and O–H groups in total. The summed E-state index contributed by atoms with van der Waals surface area (Å²) in [5.74, 6) is 0.877. The Morgan fingerprint density at radius 3 is 2.64 bits per heavy atom. The van der Waals surface area contributed by atoms with Crippen molar-refractivity contribution >= 4 is 35.6 Å². The predicted molar refractivity (Wildman–Crippen MR) is 128 cm³/mol. The third-order valence-electron chi connectivity index (χ3n) is 4.49. The number of guanidine groups is 1. The Kier molecular flexibility index (Phi) is 9.27. The molecule has 0 saturated heterocycles. The van der Waals surface area contributed by atoms with E-state index in [0.717, 1.165) is 43.1 Å². The van der Waals surface area contributed by atoms with E-state index in [4.69, 9.17) is 4.99 Å². The van der Waals surface area contributed by atoms with Gasteiger partial charge in [0.05, 0.1) is 5.69 Å². The first kappa shape index (κ1) is 22.2. The highest BCUT2D eigenvalue weighted by Crippen LogP contribution is 2.06. The minimum atomic E-state index is 0. The minimum Gasteiger partial charge on any atom is -0.357 e. The van der Waals surface area contributed by atoms with Crippen LogP contribution in [-0.2, 0) is 12.8 Å². The molecular weight excluding hydrogens is 461 g/mol. The maximum absolute atomic E-state index is 4.72. The maximum atomic E-state index is 4.72. The highest BCUT2D eigenvalue weighted by atomic mass is 127. The van der Waals surface area contributed by atoms with Crippen molar-refractivity contribution in [2.24, 2.45) is 4.99 Å². The molecule has 3 aromatic rings. The molecule has 0 aliphatic heterocycles. The number of nitrogens with one attached hydrogen (secondary N) is 2. The number of benzene rings is 1. The van der Waals surface area contributed by atoms with Crippen LogP contribution in [0.4, 0.5) is 0 Å². The molecule has 3 rings (SSSR count). The maximum Gasteiger partial charge on any atom is 0.191 e. The molecule has 0 fully saturated rings. The van der Waals surface area contributed by atoms with Gasteiger partial charge in [-0.1, -0.05) is 36.4 Å². The van der Waals surface area contributed by atoms with E-state index < -0.39 is 0 Å². The molecule has 2 aromatic heterocycles. The number of fused-ring (bicyclic) bond motifs is 1. The topological polar surface area (TPSA) is 53.7 Å². The number of hydrogen-bond acceptors (Lipinski definition) is 2. The van der Waals surface area contributed by atoms with Crippen LogP contribution in [0, 0.1) is 0 Å². The Bertz CT molecular complexity index is 827. The lowest BCUT2D eigenvalue weighted by Crippen LogP contribution is -2.42. The standard InChI is InChI=1S/C22H29N5.HI/c1-3-23-22(25-18(2)12-13-19-9-5-4-6-10-19)24-15-14-20-17-27-16-8-7-11-21(27)26-20;/h4-11,16-18H,3,12-15H2,1-2H3,(H2,23,24,25);1H. The zero-order chi connectivity index (χ0) is 18.9. The van der Waals surface area contributed by atoms with Gasteiger partial charge in [0.25, 0.3) is 0 Å². The number of pyridine rings is 1. The summed E-state index contributed by atoms with van der Waals surface area (Å²) in [5.41, 5.74) is 3.42. The SMILES string of the molecule is CCNC(=NCCc1cn2ccccc2n1)NC(C)CCc1ccccc1.I. The van der Waals surface area contributed by atoms with Crippen molar-refractivity contribution < 1.29 is 0 Å². The van der Waals surface area contributed by atoms with Gasteiger partial charge in [-0.15, -0.1) is 24.0 Å². The number of hydrogen-bond donors (Lipinski definition) is 2. The molecule has 0 bridgehead atoms. The summed E-state index contributed by atoms with van der Waals surface area (Å²) in [7, 11) is 0. The molecular formula is C22H30IN5. The second-order valence-electron chi connectivity index (χ2n) is 6.78. The minimum absolute atomic E-state index is 0. The van der Waals surface area contributed by atoms with Crippen molar-refractivity contribution in [1.29, 1.82) is 0 Å². The second kappa shape index (κ2) is 11.7. The van der Waals surface area contributed by atoms with Crippen molar-refractivity contribution in [3.8, 4) is 0 Å². The molecule has 2 heterocycles. The van der Waals surface area contributed by atoms with Gasteiger partial charge in [-0.2, -0.15) is 0 Å². The van der Waals surface area contributed by atoms with E-state index in [2.05, 4.69) is 66.0 Å². The summed E-state index contributed by atoms with van der Waals surface area (Å²) in [6, 6.07) is 17.0. The Balaban J connectivity index is 0.00000280. The van der Waals surface area contributed by atoms with Gasteiger partial charge < -0.3 is 15.0 Å². The molecule has 0 aliphatic rings. The van der Waals surface area contributed by atoms with Gasteiger partial charge in [-0.25, -0.2) is 4.98 Å².